The Hall–Kier alpha value is -3.94. The highest BCUT2D eigenvalue weighted by Gasteiger charge is 2.33. The molecule has 0 spiro atoms. The maximum atomic E-state index is 13.0. The number of benzene rings is 1. The number of hydrogen-bond acceptors (Lipinski definition) is 8. The Morgan fingerprint density at radius 1 is 1.38 bits per heavy atom. The Morgan fingerprint density at radius 3 is 2.92 bits per heavy atom. The molecule has 0 saturated carbocycles. The van der Waals surface area contributed by atoms with E-state index in [1.807, 2.05) is 42.6 Å². The van der Waals surface area contributed by atoms with Gasteiger partial charge >= 0.3 is 0 Å². The number of ether oxygens (including phenoxy) is 1. The molecule has 10 heteroatoms. The summed E-state index contributed by atoms with van der Waals surface area (Å²) < 4.78 is 8.68. The van der Waals surface area contributed by atoms with Gasteiger partial charge < -0.3 is 20.3 Å². The van der Waals surface area contributed by atoms with Crippen molar-refractivity contribution in [3.63, 3.8) is 0 Å². The molecule has 1 aromatic carbocycles. The molecule has 2 N–H and O–H groups in total. The van der Waals surface area contributed by atoms with Crippen LogP contribution in [0, 0.1) is 18.3 Å². The summed E-state index contributed by atoms with van der Waals surface area (Å²) in [4.78, 5) is 27.1. The number of imidazole rings is 1. The Balaban J connectivity index is 1.52. The molecule has 9 nitrogen and oxygen atoms in total. The van der Waals surface area contributed by atoms with Crippen molar-refractivity contribution in [2.75, 3.05) is 46.6 Å². The fraction of sp³-hybridized carbons (Fsp3) is 0.333. The quantitative estimate of drug-likeness (QED) is 0.307. The summed E-state index contributed by atoms with van der Waals surface area (Å²) >= 11 is 1.61. The summed E-state index contributed by atoms with van der Waals surface area (Å²) in [6.45, 7) is 3.63. The SMILES string of the molecule is COc1cc(C)cc2cc(-c3nc([C@H]4CCN(C(=O)/C(C#N)=C/CN(C)C)C4)n4ccnc(N)c34)sc12. The highest BCUT2D eigenvalue weighted by Crippen LogP contribution is 2.42. The highest BCUT2D eigenvalue weighted by atomic mass is 32.1. The van der Waals surface area contributed by atoms with Gasteiger partial charge in [0.15, 0.2) is 0 Å². The molecule has 1 aliphatic heterocycles. The smallest absolute Gasteiger partial charge is 0.264 e. The standard InChI is InChI=1S/C27H29N7O2S/c1-16-11-19-13-21(37-24(19)20(12-16)36-4)22-23-25(29)30-7-10-34(23)26(31-22)18-6-9-33(15-18)27(35)17(14-28)5-8-32(2)3/h5,7,10-13,18H,6,8-9,15H2,1-4H3,(H2,29,30)/b17-5+/t18-/m0/s1. The molecule has 0 unspecified atom stereocenters. The van der Waals surface area contributed by atoms with Crippen molar-refractivity contribution in [3.05, 3.63) is 53.6 Å². The van der Waals surface area contributed by atoms with E-state index >= 15 is 0 Å². The van der Waals surface area contributed by atoms with Crippen molar-refractivity contribution >= 4 is 38.7 Å². The van der Waals surface area contributed by atoms with Gasteiger partial charge in [0.1, 0.15) is 40.2 Å². The van der Waals surface area contributed by atoms with Crippen molar-refractivity contribution in [3.8, 4) is 22.4 Å². The lowest BCUT2D eigenvalue weighted by molar-refractivity contribution is -0.125. The molecule has 37 heavy (non-hydrogen) atoms. The van der Waals surface area contributed by atoms with Crippen LogP contribution in [-0.4, -0.2) is 70.9 Å². The van der Waals surface area contributed by atoms with Gasteiger partial charge in [-0.15, -0.1) is 11.3 Å². The van der Waals surface area contributed by atoms with E-state index in [-0.39, 0.29) is 17.4 Å². The van der Waals surface area contributed by atoms with Crippen LogP contribution in [0.15, 0.2) is 42.2 Å². The number of carbonyl (C=O) groups is 1. The van der Waals surface area contributed by atoms with Gasteiger partial charge in [-0.1, -0.05) is 6.07 Å². The van der Waals surface area contributed by atoms with Crippen LogP contribution in [0.4, 0.5) is 5.82 Å². The van der Waals surface area contributed by atoms with Crippen molar-refractivity contribution in [2.24, 2.45) is 0 Å². The lowest BCUT2D eigenvalue weighted by Gasteiger charge is -2.16. The number of thiophene rings is 1. The number of hydrogen-bond donors (Lipinski definition) is 1. The average Bonchev–Trinajstić information content (AvgIpc) is 3.60. The number of nitrogens with two attached hydrogens (primary N) is 1. The number of nitrogens with zero attached hydrogens (tertiary/aromatic N) is 6. The van der Waals surface area contributed by atoms with E-state index in [0.717, 1.165) is 49.7 Å². The number of likely N-dealkylation sites (tertiary alicyclic amines) is 1. The molecule has 1 atom stereocenters. The van der Waals surface area contributed by atoms with Gasteiger partial charge in [0.25, 0.3) is 5.91 Å². The molecule has 1 aliphatic rings. The molecule has 0 aliphatic carbocycles. The van der Waals surface area contributed by atoms with Gasteiger partial charge in [0.05, 0.1) is 16.7 Å². The first-order valence-electron chi connectivity index (χ1n) is 12.1. The van der Waals surface area contributed by atoms with Crippen LogP contribution in [0.2, 0.25) is 0 Å². The van der Waals surface area contributed by atoms with Gasteiger partial charge in [0.2, 0.25) is 0 Å². The van der Waals surface area contributed by atoms with Gasteiger partial charge in [-0.05, 0) is 56.6 Å². The third kappa shape index (κ3) is 4.52. The molecular formula is C27H29N7O2S. The van der Waals surface area contributed by atoms with Crippen LogP contribution in [0.5, 0.6) is 5.75 Å². The normalized spacial score (nSPS) is 16.2. The molecular weight excluding hydrogens is 486 g/mol. The van der Waals surface area contributed by atoms with E-state index in [9.17, 15) is 10.1 Å². The van der Waals surface area contributed by atoms with Crippen LogP contribution in [0.3, 0.4) is 0 Å². The fourth-order valence-electron chi connectivity index (χ4n) is 4.86. The zero-order valence-corrected chi connectivity index (χ0v) is 22.2. The maximum Gasteiger partial charge on any atom is 0.264 e. The number of rotatable bonds is 6. The minimum atomic E-state index is -0.235. The first kappa shape index (κ1) is 24.7. The zero-order valence-electron chi connectivity index (χ0n) is 21.4. The Labute approximate surface area is 219 Å². The topological polar surface area (TPSA) is 113 Å². The second-order valence-electron chi connectivity index (χ2n) is 9.57. The van der Waals surface area contributed by atoms with Crippen molar-refractivity contribution in [2.45, 2.75) is 19.3 Å². The van der Waals surface area contributed by atoms with E-state index in [2.05, 4.69) is 23.2 Å². The first-order valence-corrected chi connectivity index (χ1v) is 12.9. The first-order chi connectivity index (χ1) is 17.8. The summed E-state index contributed by atoms with van der Waals surface area (Å²) in [5.74, 6) is 1.85. The van der Waals surface area contributed by atoms with Crippen LogP contribution >= 0.6 is 11.3 Å². The van der Waals surface area contributed by atoms with E-state index in [1.54, 1.807) is 35.6 Å². The molecule has 0 bridgehead atoms. The van der Waals surface area contributed by atoms with Gasteiger partial charge in [-0.2, -0.15) is 5.26 Å². The molecule has 1 saturated heterocycles. The average molecular weight is 516 g/mol. The number of fused-ring (bicyclic) bond motifs is 2. The number of anilines is 1. The Kier molecular flexibility index (Phi) is 6.58. The maximum absolute atomic E-state index is 13.0. The summed E-state index contributed by atoms with van der Waals surface area (Å²) in [7, 11) is 5.48. The van der Waals surface area contributed by atoms with E-state index < -0.39 is 0 Å². The minimum Gasteiger partial charge on any atom is -0.495 e. The predicted octanol–water partition coefficient (Wildman–Crippen LogP) is 3.84. The van der Waals surface area contributed by atoms with Crippen molar-refractivity contribution in [1.82, 2.24) is 24.2 Å². The second-order valence-corrected chi connectivity index (χ2v) is 10.6. The second kappa shape index (κ2) is 9.84. The molecule has 3 aromatic heterocycles. The highest BCUT2D eigenvalue weighted by molar-refractivity contribution is 7.22. The molecule has 1 fully saturated rings. The molecule has 190 valence electrons. The third-order valence-electron chi connectivity index (χ3n) is 6.64. The third-order valence-corrected chi connectivity index (χ3v) is 7.81. The van der Waals surface area contributed by atoms with E-state index in [4.69, 9.17) is 15.5 Å². The minimum absolute atomic E-state index is 0.00644. The predicted molar refractivity (Wildman–Crippen MR) is 146 cm³/mol. The molecule has 0 radical (unpaired) electrons. The number of methoxy groups -OCH3 is 1. The summed E-state index contributed by atoms with van der Waals surface area (Å²) in [6.07, 6.45) is 5.98. The summed E-state index contributed by atoms with van der Waals surface area (Å²) in [6, 6.07) is 8.35. The van der Waals surface area contributed by atoms with Crippen LogP contribution in [0.25, 0.3) is 26.2 Å². The summed E-state index contributed by atoms with van der Waals surface area (Å²) in [5, 5.41) is 10.6. The van der Waals surface area contributed by atoms with Gasteiger partial charge in [-0.3, -0.25) is 9.20 Å². The number of aromatic nitrogens is 3. The zero-order chi connectivity index (χ0) is 26.3. The number of nitrogen functional groups attached to an aromatic ring is 1. The van der Waals surface area contributed by atoms with Crippen LogP contribution in [0.1, 0.15) is 23.7 Å². The summed E-state index contributed by atoms with van der Waals surface area (Å²) in [5.41, 5.74) is 9.19. The molecule has 4 aromatic rings. The number of nitriles is 1. The number of aryl methyl sites for hydroxylation is 1. The van der Waals surface area contributed by atoms with Crippen LogP contribution < -0.4 is 10.5 Å². The lowest BCUT2D eigenvalue weighted by Crippen LogP contribution is -2.30. The fourth-order valence-corrected chi connectivity index (χ4v) is 5.98. The monoisotopic (exact) mass is 515 g/mol. The van der Waals surface area contributed by atoms with Crippen molar-refractivity contribution < 1.29 is 9.53 Å². The van der Waals surface area contributed by atoms with Gasteiger partial charge in [-0.25, -0.2) is 9.97 Å². The molecule has 4 heterocycles. The lowest BCUT2D eigenvalue weighted by atomic mass is 10.1. The number of amides is 1. The van der Waals surface area contributed by atoms with Gasteiger partial charge in [0, 0.05) is 37.9 Å². The number of carbonyl (C=O) groups excluding carboxylic acids is 1. The van der Waals surface area contributed by atoms with E-state index in [1.165, 1.54) is 0 Å². The van der Waals surface area contributed by atoms with Crippen LogP contribution in [-0.2, 0) is 4.79 Å². The largest absolute Gasteiger partial charge is 0.495 e. The molecule has 5 rings (SSSR count). The molecule has 1 amide bonds. The number of likely N-dealkylation sites (N-methyl/N-ethyl adjacent to an activating group) is 1. The Bertz CT molecular complexity index is 1580. The Morgan fingerprint density at radius 2 is 2.19 bits per heavy atom. The van der Waals surface area contributed by atoms with Crippen molar-refractivity contribution in [1.29, 1.82) is 5.26 Å². The van der Waals surface area contributed by atoms with E-state index in [0.29, 0.717) is 25.5 Å².